The third kappa shape index (κ3) is 3.77. The Bertz CT molecular complexity index is 1400. The van der Waals surface area contributed by atoms with Gasteiger partial charge in [-0.2, -0.15) is 11.8 Å². The SMILES string of the molecule is CSCC[C@@H]1N[C@]2(C(=O)N(Cc3ccc(F)cc3)c3ccccc32)[C@@H]2C(=O)N(Cc3ccccc3)C(=O)[C@@H]12. The molecule has 3 aromatic rings. The van der Waals surface area contributed by atoms with Crippen molar-refractivity contribution in [2.24, 2.45) is 11.8 Å². The lowest BCUT2D eigenvalue weighted by Crippen LogP contribution is -2.55. The van der Waals surface area contributed by atoms with Crippen molar-refractivity contribution in [2.75, 3.05) is 16.9 Å². The highest BCUT2D eigenvalue weighted by molar-refractivity contribution is 7.98. The molecule has 0 bridgehead atoms. The molecule has 6 rings (SSSR count). The van der Waals surface area contributed by atoms with Gasteiger partial charge in [0.25, 0.3) is 5.91 Å². The fourth-order valence-corrected chi connectivity index (χ4v) is 6.84. The maximum atomic E-state index is 14.4. The fourth-order valence-electron chi connectivity index (χ4n) is 6.35. The Morgan fingerprint density at radius 2 is 1.50 bits per heavy atom. The summed E-state index contributed by atoms with van der Waals surface area (Å²) in [7, 11) is 0. The second-order valence-electron chi connectivity index (χ2n) is 10.1. The molecular formula is C30H28FN3O3S. The summed E-state index contributed by atoms with van der Waals surface area (Å²) >= 11 is 1.67. The summed E-state index contributed by atoms with van der Waals surface area (Å²) in [5.74, 6) is -1.78. The molecule has 0 aromatic heterocycles. The Hall–Kier alpha value is -3.49. The summed E-state index contributed by atoms with van der Waals surface area (Å²) in [5, 5.41) is 3.55. The minimum atomic E-state index is -1.33. The maximum Gasteiger partial charge on any atom is 0.253 e. The molecule has 2 fully saturated rings. The van der Waals surface area contributed by atoms with Crippen LogP contribution in [0.2, 0.25) is 0 Å². The first-order chi connectivity index (χ1) is 18.5. The first kappa shape index (κ1) is 24.8. The van der Waals surface area contributed by atoms with Crippen molar-refractivity contribution < 1.29 is 18.8 Å². The monoisotopic (exact) mass is 529 g/mol. The van der Waals surface area contributed by atoms with E-state index in [0.717, 1.165) is 22.4 Å². The zero-order valence-corrected chi connectivity index (χ0v) is 21.8. The molecule has 38 heavy (non-hydrogen) atoms. The van der Waals surface area contributed by atoms with Crippen molar-refractivity contribution in [1.82, 2.24) is 10.2 Å². The Kier molecular flexibility index (Phi) is 6.32. The summed E-state index contributed by atoms with van der Waals surface area (Å²) in [6.07, 6.45) is 2.67. The lowest BCUT2D eigenvalue weighted by Gasteiger charge is -2.30. The number of amides is 3. The highest BCUT2D eigenvalue weighted by Crippen LogP contribution is 2.55. The van der Waals surface area contributed by atoms with Gasteiger partial charge in [-0.25, -0.2) is 4.39 Å². The smallest absolute Gasteiger partial charge is 0.253 e. The van der Waals surface area contributed by atoms with E-state index in [-0.39, 0.29) is 42.7 Å². The molecule has 0 unspecified atom stereocenters. The molecule has 194 valence electrons. The highest BCUT2D eigenvalue weighted by Gasteiger charge is 2.71. The minimum absolute atomic E-state index is 0.186. The number of anilines is 1. The molecule has 2 saturated heterocycles. The number of imide groups is 1. The van der Waals surface area contributed by atoms with Crippen molar-refractivity contribution >= 4 is 35.2 Å². The van der Waals surface area contributed by atoms with Crippen molar-refractivity contribution in [3.05, 3.63) is 101 Å². The van der Waals surface area contributed by atoms with Gasteiger partial charge < -0.3 is 4.90 Å². The Morgan fingerprint density at radius 1 is 0.842 bits per heavy atom. The highest BCUT2D eigenvalue weighted by atomic mass is 32.2. The van der Waals surface area contributed by atoms with E-state index >= 15 is 0 Å². The van der Waals surface area contributed by atoms with Gasteiger partial charge in [0.05, 0.1) is 24.9 Å². The molecule has 6 nitrogen and oxygen atoms in total. The van der Waals surface area contributed by atoms with E-state index in [1.165, 1.54) is 17.0 Å². The van der Waals surface area contributed by atoms with Gasteiger partial charge in [-0.1, -0.05) is 60.7 Å². The summed E-state index contributed by atoms with van der Waals surface area (Å²) in [6.45, 7) is 0.425. The quantitative estimate of drug-likeness (QED) is 0.467. The van der Waals surface area contributed by atoms with Crippen molar-refractivity contribution in [1.29, 1.82) is 0 Å². The van der Waals surface area contributed by atoms with E-state index in [2.05, 4.69) is 5.32 Å². The van der Waals surface area contributed by atoms with E-state index in [0.29, 0.717) is 12.1 Å². The van der Waals surface area contributed by atoms with Crippen LogP contribution in [0, 0.1) is 17.7 Å². The zero-order valence-electron chi connectivity index (χ0n) is 21.0. The molecule has 0 aliphatic carbocycles. The molecule has 3 aliphatic rings. The van der Waals surface area contributed by atoms with Gasteiger partial charge in [0.15, 0.2) is 0 Å². The first-order valence-electron chi connectivity index (χ1n) is 12.8. The number of halogens is 1. The number of fused-ring (bicyclic) bond motifs is 4. The summed E-state index contributed by atoms with van der Waals surface area (Å²) < 4.78 is 13.6. The normalized spacial score (nSPS) is 25.9. The maximum absolute atomic E-state index is 14.4. The average Bonchev–Trinajstić information content (AvgIpc) is 3.49. The van der Waals surface area contributed by atoms with Crippen LogP contribution in [0.5, 0.6) is 0 Å². The Balaban J connectivity index is 1.43. The zero-order chi connectivity index (χ0) is 26.4. The number of rotatable bonds is 7. The molecule has 3 heterocycles. The molecular weight excluding hydrogens is 501 g/mol. The molecule has 1 spiro atoms. The number of nitrogens with zero attached hydrogens (tertiary/aromatic N) is 2. The van der Waals surface area contributed by atoms with Gasteiger partial charge in [0.1, 0.15) is 11.4 Å². The third-order valence-corrected chi connectivity index (χ3v) is 8.67. The number of likely N-dealkylation sites (tertiary alicyclic amines) is 1. The number of hydrogen-bond acceptors (Lipinski definition) is 5. The van der Waals surface area contributed by atoms with Crippen molar-refractivity contribution in [3.63, 3.8) is 0 Å². The lowest BCUT2D eigenvalue weighted by atomic mass is 9.76. The fraction of sp³-hybridized carbons (Fsp3) is 0.300. The Morgan fingerprint density at radius 3 is 2.24 bits per heavy atom. The van der Waals surface area contributed by atoms with Crippen molar-refractivity contribution in [3.8, 4) is 0 Å². The molecule has 8 heteroatoms. The number of hydrogen-bond donors (Lipinski definition) is 1. The largest absolute Gasteiger partial charge is 0.306 e. The third-order valence-electron chi connectivity index (χ3n) is 8.03. The van der Waals surface area contributed by atoms with Crippen molar-refractivity contribution in [2.45, 2.75) is 31.1 Å². The van der Waals surface area contributed by atoms with Crippen LogP contribution in [0.4, 0.5) is 10.1 Å². The molecule has 0 saturated carbocycles. The minimum Gasteiger partial charge on any atom is -0.306 e. The van der Waals surface area contributed by atoms with Crippen LogP contribution in [-0.2, 0) is 33.0 Å². The first-order valence-corrected chi connectivity index (χ1v) is 14.2. The van der Waals surface area contributed by atoms with E-state index in [4.69, 9.17) is 0 Å². The van der Waals surface area contributed by atoms with E-state index in [9.17, 15) is 18.8 Å². The number of para-hydroxylation sites is 1. The average molecular weight is 530 g/mol. The topological polar surface area (TPSA) is 69.7 Å². The van der Waals surface area contributed by atoms with Gasteiger partial charge >= 0.3 is 0 Å². The second-order valence-corrected chi connectivity index (χ2v) is 11.1. The number of thioether (sulfide) groups is 1. The van der Waals surface area contributed by atoms with Gasteiger partial charge in [-0.05, 0) is 47.8 Å². The number of carbonyl (C=O) groups is 3. The van der Waals surface area contributed by atoms with Crippen LogP contribution in [0.15, 0.2) is 78.9 Å². The summed E-state index contributed by atoms with van der Waals surface area (Å²) in [4.78, 5) is 45.4. The van der Waals surface area contributed by atoms with E-state index < -0.39 is 17.4 Å². The summed E-state index contributed by atoms with van der Waals surface area (Å²) in [6, 6.07) is 22.7. The van der Waals surface area contributed by atoms with Crippen LogP contribution in [-0.4, -0.2) is 40.7 Å². The molecule has 3 aliphatic heterocycles. The van der Waals surface area contributed by atoms with E-state index in [1.54, 1.807) is 28.8 Å². The van der Waals surface area contributed by atoms with Crippen LogP contribution in [0.3, 0.4) is 0 Å². The van der Waals surface area contributed by atoms with E-state index in [1.807, 2.05) is 60.9 Å². The van der Waals surface area contributed by atoms with Crippen LogP contribution in [0.25, 0.3) is 0 Å². The lowest BCUT2D eigenvalue weighted by molar-refractivity contribution is -0.143. The van der Waals surface area contributed by atoms with Gasteiger partial charge in [0, 0.05) is 17.3 Å². The molecule has 3 aromatic carbocycles. The van der Waals surface area contributed by atoms with Gasteiger partial charge in [0.2, 0.25) is 11.8 Å². The number of benzene rings is 3. The molecule has 4 atom stereocenters. The van der Waals surface area contributed by atoms with Gasteiger partial charge in [-0.15, -0.1) is 0 Å². The molecule has 3 amide bonds. The molecule has 0 radical (unpaired) electrons. The second kappa shape index (κ2) is 9.67. The predicted molar refractivity (Wildman–Crippen MR) is 145 cm³/mol. The predicted octanol–water partition coefficient (Wildman–Crippen LogP) is 4.09. The number of carbonyl (C=O) groups excluding carboxylic acids is 3. The van der Waals surface area contributed by atoms with Crippen LogP contribution >= 0.6 is 11.8 Å². The van der Waals surface area contributed by atoms with Crippen LogP contribution < -0.4 is 10.2 Å². The summed E-state index contributed by atoms with van der Waals surface area (Å²) in [5.41, 5.74) is 1.74. The van der Waals surface area contributed by atoms with Gasteiger partial charge in [-0.3, -0.25) is 24.6 Å². The molecule has 1 N–H and O–H groups in total. The standard InChI is InChI=1S/C30H28FN3O3S/c1-38-16-15-23-25-26(28(36)34(27(25)35)18-19-7-3-2-4-8-19)30(32-23)22-9-5-6-10-24(22)33(29(30)37)17-20-11-13-21(31)14-12-20/h2-14,23,25-26,32H,15-18H2,1H3/t23-,25-,26-,30-/m0/s1. The number of nitrogens with one attached hydrogen (secondary N) is 1. The Labute approximate surface area is 225 Å². The van der Waals surface area contributed by atoms with Crippen LogP contribution in [0.1, 0.15) is 23.1 Å².